The van der Waals surface area contributed by atoms with E-state index in [1.165, 1.54) is 16.0 Å². The smallest absolute Gasteiger partial charge is 0.277 e. The number of halogens is 1. The maximum absolute atomic E-state index is 13.0. The molecule has 0 radical (unpaired) electrons. The zero-order valence-electron chi connectivity index (χ0n) is 13.1. The number of thiophene rings is 1. The summed E-state index contributed by atoms with van der Waals surface area (Å²) >= 11 is 7.40. The van der Waals surface area contributed by atoms with Crippen LogP contribution < -0.4 is 5.56 Å². The Bertz CT molecular complexity index is 1130. The van der Waals surface area contributed by atoms with E-state index < -0.39 is 0 Å². The summed E-state index contributed by atoms with van der Waals surface area (Å²) in [5.74, 6) is 0.526. The van der Waals surface area contributed by atoms with Crippen molar-refractivity contribution in [2.75, 3.05) is 0 Å². The summed E-state index contributed by atoms with van der Waals surface area (Å²) < 4.78 is 1.30. The second-order valence-corrected chi connectivity index (χ2v) is 6.66. The van der Waals surface area contributed by atoms with Crippen molar-refractivity contribution in [1.82, 2.24) is 19.9 Å². The molecule has 25 heavy (non-hydrogen) atoms. The van der Waals surface area contributed by atoms with Gasteiger partial charge in [-0.15, -0.1) is 11.3 Å². The molecule has 0 bridgehead atoms. The SMILES string of the molecule is Cc1nc2scc(-c3ccc(Cl)cc3)c2c(=O)n1/N=C/c1ccn[nH]1. The van der Waals surface area contributed by atoms with Gasteiger partial charge in [0.15, 0.2) is 0 Å². The standard InChI is InChI=1S/C17H12ClN5OS/c1-10-21-16-15(14(9-25-16)11-2-4-12(18)5-3-11)17(24)23(10)20-8-13-6-7-19-22-13/h2-9H,1H3,(H,19,22)/b20-8+. The van der Waals surface area contributed by atoms with Gasteiger partial charge in [0.25, 0.3) is 5.56 Å². The molecule has 124 valence electrons. The second kappa shape index (κ2) is 6.27. The van der Waals surface area contributed by atoms with Gasteiger partial charge in [0.05, 0.1) is 17.3 Å². The fourth-order valence-electron chi connectivity index (χ4n) is 2.52. The Morgan fingerprint density at radius 1 is 1.28 bits per heavy atom. The fraction of sp³-hybridized carbons (Fsp3) is 0.0588. The van der Waals surface area contributed by atoms with Crippen molar-refractivity contribution in [3.05, 3.63) is 68.8 Å². The molecule has 0 spiro atoms. The van der Waals surface area contributed by atoms with Crippen LogP contribution in [0.15, 0.2) is 51.8 Å². The number of hydrogen-bond donors (Lipinski definition) is 1. The number of aryl methyl sites for hydroxylation is 1. The number of fused-ring (bicyclic) bond motifs is 1. The third-order valence-electron chi connectivity index (χ3n) is 3.74. The minimum atomic E-state index is -0.204. The van der Waals surface area contributed by atoms with Gasteiger partial charge in [0.1, 0.15) is 10.7 Å². The molecular formula is C17H12ClN5OS. The van der Waals surface area contributed by atoms with E-state index in [9.17, 15) is 4.79 Å². The molecule has 3 heterocycles. The molecule has 0 amide bonds. The number of hydrogen-bond acceptors (Lipinski definition) is 5. The van der Waals surface area contributed by atoms with Crippen molar-refractivity contribution >= 4 is 39.4 Å². The predicted octanol–water partition coefficient (Wildman–Crippen LogP) is 3.69. The van der Waals surface area contributed by atoms with Gasteiger partial charge >= 0.3 is 0 Å². The van der Waals surface area contributed by atoms with Gasteiger partial charge in [0, 0.05) is 22.2 Å². The Hall–Kier alpha value is -2.77. The highest BCUT2D eigenvalue weighted by Crippen LogP contribution is 2.31. The van der Waals surface area contributed by atoms with Crippen LogP contribution in [0.2, 0.25) is 5.02 Å². The van der Waals surface area contributed by atoms with E-state index in [0.29, 0.717) is 26.8 Å². The minimum Gasteiger partial charge on any atom is -0.277 e. The van der Waals surface area contributed by atoms with Crippen LogP contribution in [-0.2, 0) is 0 Å². The van der Waals surface area contributed by atoms with Crippen LogP contribution in [0, 0.1) is 6.92 Å². The summed E-state index contributed by atoms with van der Waals surface area (Å²) in [4.78, 5) is 18.2. The third kappa shape index (κ3) is 2.88. The molecule has 1 aromatic carbocycles. The maximum atomic E-state index is 13.0. The van der Waals surface area contributed by atoms with E-state index in [-0.39, 0.29) is 5.56 Å². The molecule has 0 saturated heterocycles. The number of aromatic nitrogens is 4. The van der Waals surface area contributed by atoms with Crippen LogP contribution in [0.5, 0.6) is 0 Å². The molecule has 0 atom stereocenters. The molecule has 0 aliphatic rings. The molecule has 4 rings (SSSR count). The van der Waals surface area contributed by atoms with Gasteiger partial charge in [-0.05, 0) is 30.7 Å². The molecule has 1 N–H and O–H groups in total. The highest BCUT2D eigenvalue weighted by molar-refractivity contribution is 7.17. The number of rotatable bonds is 3. The third-order valence-corrected chi connectivity index (χ3v) is 4.86. The Balaban J connectivity index is 1.89. The molecule has 3 aromatic heterocycles. The van der Waals surface area contributed by atoms with Crippen LogP contribution in [0.4, 0.5) is 0 Å². The molecule has 0 aliphatic carbocycles. The lowest BCUT2D eigenvalue weighted by Crippen LogP contribution is -2.20. The van der Waals surface area contributed by atoms with E-state index in [1.807, 2.05) is 17.5 Å². The van der Waals surface area contributed by atoms with Crippen LogP contribution in [0.1, 0.15) is 11.5 Å². The van der Waals surface area contributed by atoms with Crippen LogP contribution in [0.25, 0.3) is 21.3 Å². The topological polar surface area (TPSA) is 75.9 Å². The van der Waals surface area contributed by atoms with Crippen molar-refractivity contribution in [3.8, 4) is 11.1 Å². The highest BCUT2D eigenvalue weighted by atomic mass is 35.5. The summed E-state index contributed by atoms with van der Waals surface area (Å²) in [7, 11) is 0. The average molecular weight is 370 g/mol. The molecule has 6 nitrogen and oxygen atoms in total. The normalized spacial score (nSPS) is 11.6. The first kappa shape index (κ1) is 15.7. The first-order valence-corrected chi connectivity index (χ1v) is 8.70. The summed E-state index contributed by atoms with van der Waals surface area (Å²) in [6.45, 7) is 1.76. The number of H-pyrrole nitrogens is 1. The van der Waals surface area contributed by atoms with Gasteiger partial charge in [-0.2, -0.15) is 14.9 Å². The second-order valence-electron chi connectivity index (χ2n) is 5.37. The van der Waals surface area contributed by atoms with Gasteiger partial charge in [0.2, 0.25) is 0 Å². The Morgan fingerprint density at radius 3 is 2.80 bits per heavy atom. The van der Waals surface area contributed by atoms with Crippen LogP contribution in [-0.4, -0.2) is 26.1 Å². The van der Waals surface area contributed by atoms with E-state index in [1.54, 1.807) is 37.5 Å². The number of nitrogens with one attached hydrogen (secondary N) is 1. The van der Waals surface area contributed by atoms with Crippen molar-refractivity contribution in [2.24, 2.45) is 5.10 Å². The van der Waals surface area contributed by atoms with E-state index in [0.717, 1.165) is 11.1 Å². The maximum Gasteiger partial charge on any atom is 0.283 e. The lowest BCUT2D eigenvalue weighted by Gasteiger charge is -2.04. The van der Waals surface area contributed by atoms with E-state index in [2.05, 4.69) is 20.3 Å². The van der Waals surface area contributed by atoms with Crippen molar-refractivity contribution < 1.29 is 0 Å². The van der Waals surface area contributed by atoms with Gasteiger partial charge in [-0.3, -0.25) is 9.89 Å². The van der Waals surface area contributed by atoms with Crippen molar-refractivity contribution in [1.29, 1.82) is 0 Å². The Kier molecular flexibility index (Phi) is 3.95. The van der Waals surface area contributed by atoms with Crippen molar-refractivity contribution in [2.45, 2.75) is 6.92 Å². The van der Waals surface area contributed by atoms with Crippen LogP contribution >= 0.6 is 22.9 Å². The Morgan fingerprint density at radius 2 is 2.08 bits per heavy atom. The lowest BCUT2D eigenvalue weighted by molar-refractivity contribution is 0.772. The molecule has 0 unspecified atom stereocenters. The van der Waals surface area contributed by atoms with Crippen molar-refractivity contribution in [3.63, 3.8) is 0 Å². The average Bonchev–Trinajstić information content (AvgIpc) is 3.25. The summed E-state index contributed by atoms with van der Waals surface area (Å²) in [5.41, 5.74) is 2.25. The molecule has 0 fully saturated rings. The highest BCUT2D eigenvalue weighted by Gasteiger charge is 2.15. The van der Waals surface area contributed by atoms with Gasteiger partial charge < -0.3 is 0 Å². The molecule has 8 heteroatoms. The Labute approximate surface area is 151 Å². The number of aromatic amines is 1. The summed E-state index contributed by atoms with van der Waals surface area (Å²) in [6.07, 6.45) is 3.17. The predicted molar refractivity (Wildman–Crippen MR) is 101 cm³/mol. The molecule has 4 aromatic rings. The lowest BCUT2D eigenvalue weighted by atomic mass is 10.1. The van der Waals surface area contributed by atoms with Gasteiger partial charge in [-0.25, -0.2) is 4.98 Å². The largest absolute Gasteiger partial charge is 0.283 e. The first-order valence-electron chi connectivity index (χ1n) is 7.44. The van der Waals surface area contributed by atoms with E-state index in [4.69, 9.17) is 11.6 Å². The molecule has 0 aliphatic heterocycles. The number of benzene rings is 1. The quantitative estimate of drug-likeness (QED) is 0.559. The van der Waals surface area contributed by atoms with E-state index >= 15 is 0 Å². The van der Waals surface area contributed by atoms with Gasteiger partial charge in [-0.1, -0.05) is 23.7 Å². The minimum absolute atomic E-state index is 0.204. The fourth-order valence-corrected chi connectivity index (χ4v) is 3.63. The summed E-state index contributed by atoms with van der Waals surface area (Å²) in [6, 6.07) is 9.15. The zero-order chi connectivity index (χ0) is 17.4. The molecular weight excluding hydrogens is 358 g/mol. The monoisotopic (exact) mass is 369 g/mol. The van der Waals surface area contributed by atoms with Crippen LogP contribution in [0.3, 0.4) is 0 Å². The zero-order valence-corrected chi connectivity index (χ0v) is 14.7. The molecule has 0 saturated carbocycles. The summed E-state index contributed by atoms with van der Waals surface area (Å²) in [5, 5.41) is 14.0. The number of nitrogens with zero attached hydrogens (tertiary/aromatic N) is 4. The first-order chi connectivity index (χ1) is 12.1.